The smallest absolute Gasteiger partial charge is 0.325 e. The van der Waals surface area contributed by atoms with Crippen LogP contribution in [0.15, 0.2) is 17.0 Å². The van der Waals surface area contributed by atoms with Gasteiger partial charge >= 0.3 is 5.97 Å². The molecular formula is C12H11NO4S2. The summed E-state index contributed by atoms with van der Waals surface area (Å²) in [6.07, 6.45) is 1.67. The van der Waals surface area contributed by atoms with Gasteiger partial charge in [0.15, 0.2) is 0 Å². The number of thioether (sulfide) groups is 1. The number of thiophene rings is 1. The number of esters is 1. The van der Waals surface area contributed by atoms with Crippen LogP contribution in [0.3, 0.4) is 0 Å². The van der Waals surface area contributed by atoms with Gasteiger partial charge in [-0.05, 0) is 36.9 Å². The fourth-order valence-electron chi connectivity index (χ4n) is 1.49. The molecule has 0 radical (unpaired) electrons. The van der Waals surface area contributed by atoms with Gasteiger partial charge in [0.2, 0.25) is 0 Å². The second kappa shape index (κ2) is 5.58. The van der Waals surface area contributed by atoms with Gasteiger partial charge in [0.25, 0.3) is 11.1 Å². The van der Waals surface area contributed by atoms with Gasteiger partial charge in [-0.2, -0.15) is 0 Å². The quantitative estimate of drug-likeness (QED) is 0.632. The number of rotatable bonds is 3. The molecule has 2 rings (SSSR count). The molecular weight excluding hydrogens is 286 g/mol. The lowest BCUT2D eigenvalue weighted by Gasteiger charge is -2.09. The number of hydrogen-bond acceptors (Lipinski definition) is 6. The van der Waals surface area contributed by atoms with E-state index in [0.717, 1.165) is 26.4 Å². The largest absolute Gasteiger partial charge is 0.468 e. The predicted octanol–water partition coefficient (Wildman–Crippen LogP) is 2.27. The predicted molar refractivity (Wildman–Crippen MR) is 73.7 cm³/mol. The van der Waals surface area contributed by atoms with Crippen LogP contribution in [0.1, 0.15) is 9.75 Å². The number of carbonyl (C=O) groups is 3. The molecule has 2 amide bonds. The standard InChI is InChI=1S/C12H11NO4S2/c1-7-3-4-8(18-7)5-9-11(15)13(12(16)19-9)6-10(14)17-2/h3-5H,6H2,1-2H3. The lowest BCUT2D eigenvalue weighted by molar-refractivity contribution is -0.143. The first-order valence-corrected chi connectivity index (χ1v) is 7.03. The minimum absolute atomic E-state index is 0.329. The van der Waals surface area contributed by atoms with E-state index in [1.54, 1.807) is 6.08 Å². The van der Waals surface area contributed by atoms with Crippen molar-refractivity contribution in [2.75, 3.05) is 13.7 Å². The molecule has 19 heavy (non-hydrogen) atoms. The van der Waals surface area contributed by atoms with Gasteiger partial charge in [-0.1, -0.05) is 0 Å². The third-order valence-electron chi connectivity index (χ3n) is 2.42. The second-order valence-electron chi connectivity index (χ2n) is 3.79. The van der Waals surface area contributed by atoms with Gasteiger partial charge in [-0.15, -0.1) is 11.3 Å². The SMILES string of the molecule is COC(=O)CN1C(=O)SC(=Cc2ccc(C)s2)C1=O. The zero-order valence-electron chi connectivity index (χ0n) is 10.3. The molecule has 1 saturated heterocycles. The van der Waals surface area contributed by atoms with Crippen LogP contribution >= 0.6 is 23.1 Å². The Hall–Kier alpha value is -1.60. The third kappa shape index (κ3) is 3.05. The van der Waals surface area contributed by atoms with Crippen LogP contribution in [0, 0.1) is 6.92 Å². The van der Waals surface area contributed by atoms with Gasteiger partial charge in [0.05, 0.1) is 12.0 Å². The molecule has 5 nitrogen and oxygen atoms in total. The molecule has 1 aromatic rings. The van der Waals surface area contributed by atoms with Crippen LogP contribution in [-0.2, 0) is 14.3 Å². The van der Waals surface area contributed by atoms with E-state index in [0.29, 0.717) is 4.91 Å². The van der Waals surface area contributed by atoms with Crippen LogP contribution in [0.25, 0.3) is 6.08 Å². The van der Waals surface area contributed by atoms with Gasteiger partial charge in [0, 0.05) is 9.75 Å². The average Bonchev–Trinajstić information content (AvgIpc) is 2.88. The molecule has 0 spiro atoms. The fraction of sp³-hybridized carbons (Fsp3) is 0.250. The number of aryl methyl sites for hydroxylation is 1. The number of nitrogens with zero attached hydrogens (tertiary/aromatic N) is 1. The van der Waals surface area contributed by atoms with Gasteiger partial charge in [-0.25, -0.2) is 0 Å². The van der Waals surface area contributed by atoms with Crippen molar-refractivity contribution in [2.45, 2.75) is 6.92 Å². The van der Waals surface area contributed by atoms with Crippen molar-refractivity contribution in [1.82, 2.24) is 4.90 Å². The summed E-state index contributed by atoms with van der Waals surface area (Å²) in [6.45, 7) is 1.62. The van der Waals surface area contributed by atoms with E-state index in [-0.39, 0.29) is 6.54 Å². The van der Waals surface area contributed by atoms with E-state index < -0.39 is 17.1 Å². The molecule has 0 N–H and O–H groups in total. The molecule has 100 valence electrons. The molecule has 1 aliphatic heterocycles. The van der Waals surface area contributed by atoms with E-state index in [4.69, 9.17) is 0 Å². The molecule has 0 saturated carbocycles. The normalized spacial score (nSPS) is 17.4. The monoisotopic (exact) mass is 297 g/mol. The van der Waals surface area contributed by atoms with Crippen molar-refractivity contribution in [3.05, 3.63) is 26.8 Å². The first-order chi connectivity index (χ1) is 9.01. The summed E-state index contributed by atoms with van der Waals surface area (Å²) >= 11 is 2.37. The highest BCUT2D eigenvalue weighted by Gasteiger charge is 2.36. The van der Waals surface area contributed by atoms with Crippen LogP contribution in [0.5, 0.6) is 0 Å². The van der Waals surface area contributed by atoms with Gasteiger partial charge in [-0.3, -0.25) is 19.3 Å². The van der Waals surface area contributed by atoms with Crippen LogP contribution in [0.2, 0.25) is 0 Å². The summed E-state index contributed by atoms with van der Waals surface area (Å²) in [6, 6.07) is 3.82. The minimum atomic E-state index is -0.615. The highest BCUT2D eigenvalue weighted by atomic mass is 32.2. The maximum atomic E-state index is 12.0. The first-order valence-electron chi connectivity index (χ1n) is 5.40. The fourth-order valence-corrected chi connectivity index (χ4v) is 3.21. The third-order valence-corrected chi connectivity index (χ3v) is 4.28. The highest BCUT2D eigenvalue weighted by molar-refractivity contribution is 8.18. The molecule has 0 aliphatic carbocycles. The van der Waals surface area contributed by atoms with Crippen molar-refractivity contribution in [3.63, 3.8) is 0 Å². The van der Waals surface area contributed by atoms with Crippen molar-refractivity contribution in [1.29, 1.82) is 0 Å². The van der Waals surface area contributed by atoms with Crippen molar-refractivity contribution >= 4 is 46.3 Å². The molecule has 7 heteroatoms. The Morgan fingerprint density at radius 3 is 2.74 bits per heavy atom. The van der Waals surface area contributed by atoms with Crippen LogP contribution in [-0.4, -0.2) is 35.7 Å². The molecule has 1 aromatic heterocycles. The molecule has 0 bridgehead atoms. The van der Waals surface area contributed by atoms with Gasteiger partial charge < -0.3 is 4.74 Å². The van der Waals surface area contributed by atoms with E-state index in [2.05, 4.69) is 4.74 Å². The minimum Gasteiger partial charge on any atom is -0.468 e. The van der Waals surface area contributed by atoms with Crippen molar-refractivity contribution in [2.24, 2.45) is 0 Å². The Labute approximate surface area is 118 Å². The number of methoxy groups -OCH3 is 1. The van der Waals surface area contributed by atoms with E-state index in [1.165, 1.54) is 18.4 Å². The van der Waals surface area contributed by atoms with Gasteiger partial charge in [0.1, 0.15) is 6.54 Å². The Balaban J connectivity index is 2.18. The Bertz CT molecular complexity index is 576. The summed E-state index contributed by atoms with van der Waals surface area (Å²) in [4.78, 5) is 38.0. The van der Waals surface area contributed by atoms with E-state index >= 15 is 0 Å². The lowest BCUT2D eigenvalue weighted by atomic mass is 10.3. The Morgan fingerprint density at radius 2 is 2.16 bits per heavy atom. The number of amides is 2. The summed E-state index contributed by atoms with van der Waals surface area (Å²) in [5.74, 6) is -1.07. The zero-order chi connectivity index (χ0) is 14.0. The number of ether oxygens (including phenoxy) is 1. The molecule has 1 fully saturated rings. The molecule has 2 heterocycles. The van der Waals surface area contributed by atoms with Crippen molar-refractivity contribution < 1.29 is 19.1 Å². The lowest BCUT2D eigenvalue weighted by Crippen LogP contribution is -2.34. The number of hydrogen-bond donors (Lipinski definition) is 0. The zero-order valence-corrected chi connectivity index (χ0v) is 12.0. The van der Waals surface area contributed by atoms with Crippen LogP contribution in [0.4, 0.5) is 4.79 Å². The van der Waals surface area contributed by atoms with E-state index in [9.17, 15) is 14.4 Å². The summed E-state index contributed by atoms with van der Waals surface area (Å²) in [5, 5.41) is -0.449. The molecule has 0 aromatic carbocycles. The Kier molecular flexibility index (Phi) is 4.06. The molecule has 0 unspecified atom stereocenters. The highest BCUT2D eigenvalue weighted by Crippen LogP contribution is 2.33. The summed E-state index contributed by atoms with van der Waals surface area (Å²) < 4.78 is 4.45. The summed E-state index contributed by atoms with van der Waals surface area (Å²) in [5.41, 5.74) is 0. The molecule has 1 aliphatic rings. The average molecular weight is 297 g/mol. The topological polar surface area (TPSA) is 63.7 Å². The van der Waals surface area contributed by atoms with Crippen LogP contribution < -0.4 is 0 Å². The number of carbonyl (C=O) groups excluding carboxylic acids is 3. The maximum absolute atomic E-state index is 12.0. The van der Waals surface area contributed by atoms with E-state index in [1.807, 2.05) is 19.1 Å². The Morgan fingerprint density at radius 1 is 1.42 bits per heavy atom. The van der Waals surface area contributed by atoms with Crippen molar-refractivity contribution in [3.8, 4) is 0 Å². The second-order valence-corrected chi connectivity index (χ2v) is 6.11. The first kappa shape index (κ1) is 13.8. The number of imide groups is 1. The summed E-state index contributed by atoms with van der Waals surface area (Å²) in [7, 11) is 1.21. The molecule has 0 atom stereocenters. The maximum Gasteiger partial charge on any atom is 0.325 e.